The van der Waals surface area contributed by atoms with Crippen LogP contribution < -0.4 is 0 Å². The van der Waals surface area contributed by atoms with Crippen LogP contribution >= 0.6 is 11.3 Å². The molecule has 0 amide bonds. The third kappa shape index (κ3) is 2.26. The molecule has 1 rings (SSSR count). The number of hydrogen-bond donors (Lipinski definition) is 0. The topological polar surface area (TPSA) is 12.9 Å². The highest BCUT2D eigenvalue weighted by atomic mass is 32.1. The molecular weight excluding hydrogens is 211 g/mol. The quantitative estimate of drug-likeness (QED) is 0.652. The number of aromatic nitrogens is 1. The van der Waals surface area contributed by atoms with Crippen LogP contribution in [0, 0.1) is 6.92 Å². The Morgan fingerprint density at radius 1 is 1.14 bits per heavy atom. The van der Waals surface area contributed by atoms with Gasteiger partial charge >= 0.3 is 6.18 Å². The number of halogens is 3. The van der Waals surface area contributed by atoms with Gasteiger partial charge in [0.05, 0.1) is 5.01 Å². The molecule has 0 fully saturated rings. The number of thiazole rings is 1. The van der Waals surface area contributed by atoms with Gasteiger partial charge < -0.3 is 0 Å². The van der Waals surface area contributed by atoms with E-state index >= 15 is 0 Å². The lowest BCUT2D eigenvalue weighted by molar-refractivity contribution is -0.141. The van der Waals surface area contributed by atoms with Gasteiger partial charge in [0, 0.05) is 10.3 Å². The van der Waals surface area contributed by atoms with E-state index in [1.165, 1.54) is 6.92 Å². The molecule has 0 bridgehead atoms. The molecule has 0 unspecified atom stereocenters. The Kier molecular flexibility index (Phi) is 2.65. The summed E-state index contributed by atoms with van der Waals surface area (Å²) < 4.78 is 37.2. The lowest BCUT2D eigenvalue weighted by Crippen LogP contribution is -2.13. The van der Waals surface area contributed by atoms with Gasteiger partial charge in [-0.1, -0.05) is 20.8 Å². The summed E-state index contributed by atoms with van der Waals surface area (Å²) in [4.78, 5) is 3.88. The molecule has 80 valence electrons. The minimum absolute atomic E-state index is 0.238. The minimum atomic E-state index is -4.33. The predicted molar refractivity (Wildman–Crippen MR) is 50.6 cm³/mol. The number of hydrogen-bond acceptors (Lipinski definition) is 2. The van der Waals surface area contributed by atoms with Crippen LogP contribution in [-0.4, -0.2) is 4.98 Å². The van der Waals surface area contributed by atoms with Crippen molar-refractivity contribution in [2.75, 3.05) is 0 Å². The Labute approximate surface area is 85.0 Å². The zero-order valence-electron chi connectivity index (χ0n) is 8.49. The van der Waals surface area contributed by atoms with Gasteiger partial charge in [-0.05, 0) is 6.92 Å². The molecule has 0 aliphatic heterocycles. The first-order valence-corrected chi connectivity index (χ1v) is 4.99. The molecule has 0 spiro atoms. The van der Waals surface area contributed by atoms with E-state index in [0.717, 1.165) is 11.3 Å². The van der Waals surface area contributed by atoms with Crippen molar-refractivity contribution in [3.63, 3.8) is 0 Å². The maximum Gasteiger partial charge on any atom is 0.434 e. The third-order valence-electron chi connectivity index (χ3n) is 1.71. The average Bonchev–Trinajstić information content (AvgIpc) is 2.27. The second-order valence-electron chi connectivity index (χ2n) is 4.17. The summed E-state index contributed by atoms with van der Waals surface area (Å²) in [5.74, 6) is 0. The lowest BCUT2D eigenvalue weighted by atomic mass is 9.98. The predicted octanol–water partition coefficient (Wildman–Crippen LogP) is 3.77. The van der Waals surface area contributed by atoms with E-state index < -0.39 is 11.9 Å². The molecule has 0 radical (unpaired) electrons. The smallest absolute Gasteiger partial charge is 0.236 e. The monoisotopic (exact) mass is 223 g/mol. The zero-order chi connectivity index (χ0) is 11.1. The SMILES string of the molecule is Cc1sc(C(C)(C)C)nc1C(F)(F)F. The highest BCUT2D eigenvalue weighted by Crippen LogP contribution is 2.37. The summed E-state index contributed by atoms with van der Waals surface area (Å²) >= 11 is 1.12. The molecule has 5 heteroatoms. The highest BCUT2D eigenvalue weighted by molar-refractivity contribution is 7.11. The Balaban J connectivity index is 3.19. The van der Waals surface area contributed by atoms with E-state index in [4.69, 9.17) is 0 Å². The fourth-order valence-corrected chi connectivity index (χ4v) is 1.97. The molecule has 0 saturated heterocycles. The maximum absolute atomic E-state index is 12.4. The number of aryl methyl sites for hydroxylation is 1. The second kappa shape index (κ2) is 3.22. The molecule has 0 aliphatic carbocycles. The molecule has 0 N–H and O–H groups in total. The Morgan fingerprint density at radius 3 is 1.86 bits per heavy atom. The van der Waals surface area contributed by atoms with Gasteiger partial charge in [-0.2, -0.15) is 13.2 Å². The van der Waals surface area contributed by atoms with E-state index in [9.17, 15) is 13.2 Å². The van der Waals surface area contributed by atoms with Crippen LogP contribution in [0.5, 0.6) is 0 Å². The molecule has 0 aromatic carbocycles. The molecule has 1 heterocycles. The fraction of sp³-hybridized carbons (Fsp3) is 0.667. The van der Waals surface area contributed by atoms with Gasteiger partial charge in [-0.25, -0.2) is 4.98 Å². The fourth-order valence-electron chi connectivity index (χ4n) is 0.980. The number of alkyl halides is 3. The van der Waals surface area contributed by atoms with Crippen LogP contribution in [0.15, 0.2) is 0 Å². The van der Waals surface area contributed by atoms with Crippen molar-refractivity contribution in [3.05, 3.63) is 15.6 Å². The van der Waals surface area contributed by atoms with Crippen molar-refractivity contribution in [2.24, 2.45) is 0 Å². The van der Waals surface area contributed by atoms with E-state index in [-0.39, 0.29) is 10.3 Å². The zero-order valence-corrected chi connectivity index (χ0v) is 9.31. The number of nitrogens with zero attached hydrogens (tertiary/aromatic N) is 1. The van der Waals surface area contributed by atoms with Crippen LogP contribution in [0.25, 0.3) is 0 Å². The summed E-state index contributed by atoms with van der Waals surface area (Å²) in [6.45, 7) is 7.01. The largest absolute Gasteiger partial charge is 0.434 e. The summed E-state index contributed by atoms with van der Waals surface area (Å²) in [5, 5.41) is 0.530. The molecule has 1 aromatic rings. The van der Waals surface area contributed by atoms with Crippen LogP contribution in [0.1, 0.15) is 36.3 Å². The van der Waals surface area contributed by atoms with Crippen molar-refractivity contribution in [1.82, 2.24) is 4.98 Å². The van der Waals surface area contributed by atoms with Crippen molar-refractivity contribution >= 4 is 11.3 Å². The van der Waals surface area contributed by atoms with Gasteiger partial charge in [0.2, 0.25) is 0 Å². The van der Waals surface area contributed by atoms with Gasteiger partial charge in [0.25, 0.3) is 0 Å². The van der Waals surface area contributed by atoms with Crippen LogP contribution in [0.3, 0.4) is 0 Å². The van der Waals surface area contributed by atoms with Gasteiger partial charge in [0.1, 0.15) is 0 Å². The van der Waals surface area contributed by atoms with E-state index in [1.807, 2.05) is 20.8 Å². The lowest BCUT2D eigenvalue weighted by Gasteiger charge is -2.13. The Hall–Kier alpha value is -0.580. The first-order valence-electron chi connectivity index (χ1n) is 4.17. The second-order valence-corrected chi connectivity index (χ2v) is 5.37. The highest BCUT2D eigenvalue weighted by Gasteiger charge is 2.37. The van der Waals surface area contributed by atoms with Crippen LogP contribution in [0.4, 0.5) is 13.2 Å². The molecule has 0 atom stereocenters. The molecule has 0 aliphatic rings. The van der Waals surface area contributed by atoms with Gasteiger partial charge in [-0.3, -0.25) is 0 Å². The van der Waals surface area contributed by atoms with Crippen molar-refractivity contribution in [1.29, 1.82) is 0 Å². The van der Waals surface area contributed by atoms with Crippen molar-refractivity contribution in [3.8, 4) is 0 Å². The minimum Gasteiger partial charge on any atom is -0.236 e. The molecular formula is C9H12F3NS. The molecule has 0 saturated carbocycles. The van der Waals surface area contributed by atoms with E-state index in [0.29, 0.717) is 5.01 Å². The Bertz CT molecular complexity index is 333. The van der Waals surface area contributed by atoms with Crippen LogP contribution in [-0.2, 0) is 11.6 Å². The van der Waals surface area contributed by atoms with Gasteiger partial charge in [-0.15, -0.1) is 11.3 Å². The summed E-state index contributed by atoms with van der Waals surface area (Å²) in [6, 6.07) is 0. The standard InChI is InChI=1S/C9H12F3NS/c1-5-6(9(10,11)12)13-7(14-5)8(2,3)4/h1-4H3. The van der Waals surface area contributed by atoms with Crippen LogP contribution in [0.2, 0.25) is 0 Å². The molecule has 1 nitrogen and oxygen atoms in total. The van der Waals surface area contributed by atoms with E-state index in [2.05, 4.69) is 4.98 Å². The first-order chi connectivity index (χ1) is 6.12. The average molecular weight is 223 g/mol. The molecule has 14 heavy (non-hydrogen) atoms. The maximum atomic E-state index is 12.4. The van der Waals surface area contributed by atoms with Crippen molar-refractivity contribution < 1.29 is 13.2 Å². The molecule has 1 aromatic heterocycles. The first kappa shape index (κ1) is 11.5. The summed E-state index contributed by atoms with van der Waals surface area (Å²) in [7, 11) is 0. The van der Waals surface area contributed by atoms with Gasteiger partial charge in [0.15, 0.2) is 5.69 Å². The summed E-state index contributed by atoms with van der Waals surface area (Å²) in [6.07, 6.45) is -4.33. The van der Waals surface area contributed by atoms with E-state index in [1.54, 1.807) is 0 Å². The summed E-state index contributed by atoms with van der Waals surface area (Å²) in [5.41, 5.74) is -1.06. The third-order valence-corrected chi connectivity index (χ3v) is 3.10. The number of rotatable bonds is 0. The Morgan fingerprint density at radius 2 is 1.64 bits per heavy atom. The normalized spacial score (nSPS) is 13.4. The van der Waals surface area contributed by atoms with Crippen molar-refractivity contribution in [2.45, 2.75) is 39.3 Å².